The topological polar surface area (TPSA) is 75.7 Å². The van der Waals surface area contributed by atoms with Crippen LogP contribution in [0.5, 0.6) is 0 Å². The molecule has 0 spiro atoms. The smallest absolute Gasteiger partial charge is 0.362 e. The molecule has 0 saturated carbocycles. The van der Waals surface area contributed by atoms with E-state index in [-0.39, 0.29) is 11.5 Å². The lowest BCUT2D eigenvalue weighted by Gasteiger charge is -2.18. The summed E-state index contributed by atoms with van der Waals surface area (Å²) in [5, 5.41) is 2.26. The maximum atomic E-state index is 13.5. The van der Waals surface area contributed by atoms with Gasteiger partial charge < -0.3 is 10.1 Å². The summed E-state index contributed by atoms with van der Waals surface area (Å²) in [5.41, 5.74) is -1.20. The minimum atomic E-state index is -2.39. The van der Waals surface area contributed by atoms with E-state index in [2.05, 4.69) is 10.1 Å². The van der Waals surface area contributed by atoms with Crippen molar-refractivity contribution in [3.8, 4) is 0 Å². The van der Waals surface area contributed by atoms with Crippen LogP contribution in [0.2, 0.25) is 0 Å². The SMILES string of the molecule is CCOC(=O)C(F)N1C(=O)NC(C)(C)C1=O. The molecule has 0 aromatic carbocycles. The number of ether oxygens (including phenoxy) is 1. The lowest BCUT2D eigenvalue weighted by Crippen LogP contribution is -2.45. The first-order chi connectivity index (χ1) is 7.31. The molecule has 1 heterocycles. The highest BCUT2D eigenvalue weighted by Gasteiger charge is 2.50. The normalized spacial score (nSPS) is 20.6. The zero-order valence-electron chi connectivity index (χ0n) is 9.24. The number of hydrogen-bond acceptors (Lipinski definition) is 4. The number of urea groups is 1. The van der Waals surface area contributed by atoms with E-state index >= 15 is 0 Å². The summed E-state index contributed by atoms with van der Waals surface area (Å²) in [6, 6.07) is -0.935. The highest BCUT2D eigenvalue weighted by molar-refractivity contribution is 6.08. The van der Waals surface area contributed by atoms with E-state index < -0.39 is 29.7 Å². The molecule has 0 aromatic rings. The highest BCUT2D eigenvalue weighted by atomic mass is 19.1. The molecule has 1 aliphatic heterocycles. The van der Waals surface area contributed by atoms with Gasteiger partial charge in [0.2, 0.25) is 0 Å². The molecular weight excluding hydrogens is 219 g/mol. The fraction of sp³-hybridized carbons (Fsp3) is 0.667. The average molecular weight is 232 g/mol. The quantitative estimate of drug-likeness (QED) is 0.427. The van der Waals surface area contributed by atoms with Gasteiger partial charge in [-0.15, -0.1) is 0 Å². The van der Waals surface area contributed by atoms with E-state index in [4.69, 9.17) is 0 Å². The number of nitrogens with zero attached hydrogens (tertiary/aromatic N) is 1. The van der Waals surface area contributed by atoms with Gasteiger partial charge in [0.1, 0.15) is 5.54 Å². The predicted octanol–water partition coefficient (Wildman–Crippen LogP) is 0.175. The van der Waals surface area contributed by atoms with Gasteiger partial charge in [0.05, 0.1) is 6.61 Å². The molecule has 0 radical (unpaired) electrons. The molecule has 0 aliphatic carbocycles. The number of rotatable bonds is 3. The number of nitrogens with one attached hydrogen (secondary N) is 1. The minimum Gasteiger partial charge on any atom is -0.462 e. The van der Waals surface area contributed by atoms with E-state index in [1.807, 2.05) is 0 Å². The van der Waals surface area contributed by atoms with E-state index in [1.165, 1.54) is 20.8 Å². The van der Waals surface area contributed by atoms with Crippen LogP contribution in [0.25, 0.3) is 0 Å². The van der Waals surface area contributed by atoms with Gasteiger partial charge in [-0.1, -0.05) is 0 Å². The molecule has 1 rings (SSSR count). The van der Waals surface area contributed by atoms with Crippen molar-refractivity contribution in [2.24, 2.45) is 0 Å². The summed E-state index contributed by atoms with van der Waals surface area (Å²) in [5.74, 6) is -2.04. The molecule has 1 fully saturated rings. The van der Waals surface area contributed by atoms with Gasteiger partial charge in [0.15, 0.2) is 0 Å². The number of carbonyl (C=O) groups excluding carboxylic acids is 3. The fourth-order valence-electron chi connectivity index (χ4n) is 1.30. The maximum Gasteiger partial charge on any atom is 0.362 e. The minimum absolute atomic E-state index is 0.0215. The second-order valence-electron chi connectivity index (χ2n) is 3.82. The Morgan fingerprint density at radius 1 is 1.56 bits per heavy atom. The van der Waals surface area contributed by atoms with Crippen molar-refractivity contribution in [1.82, 2.24) is 10.2 Å². The summed E-state index contributed by atoms with van der Waals surface area (Å²) < 4.78 is 17.9. The first-order valence-electron chi connectivity index (χ1n) is 4.77. The maximum absolute atomic E-state index is 13.5. The summed E-state index contributed by atoms with van der Waals surface area (Å²) in [6.45, 7) is 4.32. The summed E-state index contributed by atoms with van der Waals surface area (Å²) in [6.07, 6.45) is -2.39. The fourth-order valence-corrected chi connectivity index (χ4v) is 1.30. The largest absolute Gasteiger partial charge is 0.462 e. The van der Waals surface area contributed by atoms with E-state index in [9.17, 15) is 18.8 Å². The molecule has 7 heteroatoms. The number of alkyl halides is 1. The number of imide groups is 1. The molecule has 6 nitrogen and oxygen atoms in total. The molecule has 1 unspecified atom stereocenters. The predicted molar refractivity (Wildman–Crippen MR) is 51.0 cm³/mol. The van der Waals surface area contributed by atoms with Gasteiger partial charge in [0.25, 0.3) is 12.2 Å². The number of esters is 1. The highest BCUT2D eigenvalue weighted by Crippen LogP contribution is 2.20. The third-order valence-corrected chi connectivity index (χ3v) is 2.10. The average Bonchev–Trinajstić information content (AvgIpc) is 2.36. The lowest BCUT2D eigenvalue weighted by molar-refractivity contribution is -0.159. The number of carbonyl (C=O) groups is 3. The molecule has 1 saturated heterocycles. The Kier molecular flexibility index (Phi) is 3.16. The van der Waals surface area contributed by atoms with Gasteiger partial charge in [0, 0.05) is 0 Å². The molecular formula is C9H13FN2O4. The third kappa shape index (κ3) is 1.98. The van der Waals surface area contributed by atoms with Crippen molar-refractivity contribution in [3.63, 3.8) is 0 Å². The molecule has 1 aliphatic rings. The summed E-state index contributed by atoms with van der Waals surface area (Å²) >= 11 is 0. The van der Waals surface area contributed by atoms with E-state index in [1.54, 1.807) is 0 Å². The molecule has 0 aromatic heterocycles. The summed E-state index contributed by atoms with van der Waals surface area (Å²) in [4.78, 5) is 34.2. The second-order valence-corrected chi connectivity index (χ2v) is 3.82. The Labute approximate surface area is 91.7 Å². The zero-order valence-corrected chi connectivity index (χ0v) is 9.24. The molecule has 3 amide bonds. The van der Waals surface area contributed by atoms with Crippen LogP contribution in [0.1, 0.15) is 20.8 Å². The monoisotopic (exact) mass is 232 g/mol. The van der Waals surface area contributed by atoms with Gasteiger partial charge in [-0.25, -0.2) is 18.9 Å². The Bertz CT molecular complexity index is 342. The van der Waals surface area contributed by atoms with Crippen molar-refractivity contribution in [2.75, 3.05) is 6.61 Å². The Balaban J connectivity index is 2.85. The van der Waals surface area contributed by atoms with Crippen LogP contribution in [0, 0.1) is 0 Å². The first kappa shape index (κ1) is 12.4. The Morgan fingerprint density at radius 3 is 2.50 bits per heavy atom. The lowest BCUT2D eigenvalue weighted by atomic mass is 10.1. The molecule has 0 bridgehead atoms. The Morgan fingerprint density at radius 2 is 2.12 bits per heavy atom. The van der Waals surface area contributed by atoms with Crippen LogP contribution in [0.3, 0.4) is 0 Å². The molecule has 90 valence electrons. The van der Waals surface area contributed by atoms with Crippen LogP contribution >= 0.6 is 0 Å². The molecule has 16 heavy (non-hydrogen) atoms. The Hall–Kier alpha value is -1.66. The van der Waals surface area contributed by atoms with Crippen LogP contribution in [0.4, 0.5) is 9.18 Å². The van der Waals surface area contributed by atoms with Crippen molar-refractivity contribution in [1.29, 1.82) is 0 Å². The van der Waals surface area contributed by atoms with Gasteiger partial charge >= 0.3 is 12.0 Å². The van der Waals surface area contributed by atoms with Crippen LogP contribution < -0.4 is 5.32 Å². The van der Waals surface area contributed by atoms with E-state index in [0.717, 1.165) is 0 Å². The molecule has 1 N–H and O–H groups in total. The third-order valence-electron chi connectivity index (χ3n) is 2.10. The molecule has 1 atom stereocenters. The summed E-state index contributed by atoms with van der Waals surface area (Å²) in [7, 11) is 0. The van der Waals surface area contributed by atoms with Crippen molar-refractivity contribution in [2.45, 2.75) is 32.6 Å². The zero-order chi connectivity index (χ0) is 12.5. The van der Waals surface area contributed by atoms with Crippen LogP contribution in [-0.4, -0.2) is 41.2 Å². The van der Waals surface area contributed by atoms with Crippen molar-refractivity contribution < 1.29 is 23.5 Å². The van der Waals surface area contributed by atoms with E-state index in [0.29, 0.717) is 0 Å². The van der Waals surface area contributed by atoms with Crippen LogP contribution in [-0.2, 0) is 14.3 Å². The van der Waals surface area contributed by atoms with Crippen LogP contribution in [0.15, 0.2) is 0 Å². The number of hydrogen-bond donors (Lipinski definition) is 1. The number of amides is 3. The second kappa shape index (κ2) is 4.07. The van der Waals surface area contributed by atoms with Crippen molar-refractivity contribution in [3.05, 3.63) is 0 Å². The standard InChI is InChI=1S/C9H13FN2O4/c1-4-16-6(13)5(10)12-7(14)9(2,3)11-8(12)15/h5H,4H2,1-3H3,(H,11,15). The van der Waals surface area contributed by atoms with Gasteiger partial charge in [-0.2, -0.15) is 0 Å². The van der Waals surface area contributed by atoms with Gasteiger partial charge in [-0.3, -0.25) is 4.79 Å². The first-order valence-corrected chi connectivity index (χ1v) is 4.77. The van der Waals surface area contributed by atoms with Gasteiger partial charge in [-0.05, 0) is 20.8 Å². The van der Waals surface area contributed by atoms with Crippen molar-refractivity contribution >= 4 is 17.9 Å². The number of halogens is 1.